The molecule has 1 aromatic rings. The van der Waals surface area contributed by atoms with Gasteiger partial charge in [-0.3, -0.25) is 9.59 Å². The minimum absolute atomic E-state index is 0.00839. The Morgan fingerprint density at radius 3 is 2.25 bits per heavy atom. The van der Waals surface area contributed by atoms with Crippen molar-refractivity contribution in [3.05, 3.63) is 34.9 Å². The van der Waals surface area contributed by atoms with Gasteiger partial charge in [0.2, 0.25) is 5.91 Å². The van der Waals surface area contributed by atoms with Gasteiger partial charge in [0.05, 0.1) is 0 Å². The summed E-state index contributed by atoms with van der Waals surface area (Å²) < 4.78 is 0. The minimum atomic E-state index is 0.00839. The van der Waals surface area contributed by atoms with Crippen molar-refractivity contribution in [3.8, 4) is 0 Å². The van der Waals surface area contributed by atoms with E-state index in [4.69, 9.17) is 0 Å². The molecule has 0 unspecified atom stereocenters. The van der Waals surface area contributed by atoms with Crippen LogP contribution in [0.15, 0.2) is 18.2 Å². The van der Waals surface area contributed by atoms with E-state index < -0.39 is 0 Å². The normalized spacial score (nSPS) is 17.8. The lowest BCUT2D eigenvalue weighted by atomic mass is 9.91. The van der Waals surface area contributed by atoms with Gasteiger partial charge < -0.3 is 9.80 Å². The van der Waals surface area contributed by atoms with E-state index in [-0.39, 0.29) is 17.2 Å². The van der Waals surface area contributed by atoms with Crippen molar-refractivity contribution in [1.82, 2.24) is 9.80 Å². The van der Waals surface area contributed by atoms with Crippen LogP contribution in [0.25, 0.3) is 0 Å². The van der Waals surface area contributed by atoms with Gasteiger partial charge in [-0.1, -0.05) is 26.8 Å². The molecular formula is C20H28N2O2. The van der Waals surface area contributed by atoms with E-state index in [0.29, 0.717) is 32.6 Å². The summed E-state index contributed by atoms with van der Waals surface area (Å²) >= 11 is 0. The van der Waals surface area contributed by atoms with E-state index in [9.17, 15) is 9.59 Å². The zero-order valence-corrected chi connectivity index (χ0v) is 15.1. The highest BCUT2D eigenvalue weighted by Gasteiger charge is 2.27. The van der Waals surface area contributed by atoms with Crippen LogP contribution in [0, 0.1) is 5.41 Å². The number of benzene rings is 1. The van der Waals surface area contributed by atoms with Crippen LogP contribution in [0.3, 0.4) is 0 Å². The van der Waals surface area contributed by atoms with Gasteiger partial charge >= 0.3 is 0 Å². The molecule has 130 valence electrons. The van der Waals surface area contributed by atoms with Crippen LogP contribution in [0.1, 0.15) is 55.1 Å². The van der Waals surface area contributed by atoms with Crippen LogP contribution in [0.5, 0.6) is 0 Å². The van der Waals surface area contributed by atoms with E-state index in [2.05, 4.69) is 32.9 Å². The van der Waals surface area contributed by atoms with Crippen molar-refractivity contribution in [2.75, 3.05) is 26.2 Å². The molecule has 0 aromatic heterocycles. The summed E-state index contributed by atoms with van der Waals surface area (Å²) in [6.45, 7) is 8.80. The first-order chi connectivity index (χ1) is 11.3. The molecule has 2 aliphatic rings. The molecule has 0 radical (unpaired) electrons. The SMILES string of the molecule is CC(C)(C)CC(=O)N1CCN(C(=O)c2ccc3c(c2)CCC3)CC1. The Labute approximate surface area is 144 Å². The zero-order chi connectivity index (χ0) is 17.3. The summed E-state index contributed by atoms with van der Waals surface area (Å²) in [5, 5.41) is 0. The first-order valence-corrected chi connectivity index (χ1v) is 9.02. The smallest absolute Gasteiger partial charge is 0.253 e. The van der Waals surface area contributed by atoms with Crippen molar-refractivity contribution in [3.63, 3.8) is 0 Å². The van der Waals surface area contributed by atoms with Gasteiger partial charge in [-0.15, -0.1) is 0 Å². The van der Waals surface area contributed by atoms with E-state index in [1.54, 1.807) is 0 Å². The lowest BCUT2D eigenvalue weighted by molar-refractivity contribution is -0.134. The lowest BCUT2D eigenvalue weighted by Crippen LogP contribution is -2.51. The second kappa shape index (κ2) is 6.58. The highest BCUT2D eigenvalue weighted by molar-refractivity contribution is 5.94. The van der Waals surface area contributed by atoms with Crippen molar-refractivity contribution >= 4 is 11.8 Å². The molecule has 0 bridgehead atoms. The zero-order valence-electron chi connectivity index (χ0n) is 15.1. The Hall–Kier alpha value is -1.84. The fourth-order valence-corrected chi connectivity index (χ4v) is 3.61. The first-order valence-electron chi connectivity index (χ1n) is 9.02. The van der Waals surface area contributed by atoms with Gasteiger partial charge in [-0.2, -0.15) is 0 Å². The molecule has 0 saturated carbocycles. The molecule has 4 nitrogen and oxygen atoms in total. The molecule has 0 spiro atoms. The van der Waals surface area contributed by atoms with Crippen molar-refractivity contribution in [1.29, 1.82) is 0 Å². The van der Waals surface area contributed by atoms with E-state index >= 15 is 0 Å². The van der Waals surface area contributed by atoms with Crippen LogP contribution < -0.4 is 0 Å². The standard InChI is InChI=1S/C20H28N2O2/c1-20(2,3)14-18(23)21-9-11-22(12-10-21)19(24)17-8-7-15-5-4-6-16(15)13-17/h7-8,13H,4-6,9-12,14H2,1-3H3. The topological polar surface area (TPSA) is 40.6 Å². The monoisotopic (exact) mass is 328 g/mol. The molecule has 0 atom stereocenters. The van der Waals surface area contributed by atoms with Gasteiger partial charge in [0.25, 0.3) is 5.91 Å². The predicted molar refractivity (Wildman–Crippen MR) is 95.0 cm³/mol. The second-order valence-electron chi connectivity index (χ2n) is 8.25. The van der Waals surface area contributed by atoms with Crippen molar-refractivity contribution in [2.45, 2.75) is 46.5 Å². The molecule has 1 aliphatic carbocycles. The Morgan fingerprint density at radius 2 is 1.58 bits per heavy atom. The summed E-state index contributed by atoms with van der Waals surface area (Å²) in [6, 6.07) is 6.14. The number of piperazine rings is 1. The van der Waals surface area contributed by atoms with E-state index in [1.807, 2.05) is 15.9 Å². The number of rotatable bonds is 2. The van der Waals surface area contributed by atoms with Gasteiger partial charge in [0, 0.05) is 38.2 Å². The number of carbonyl (C=O) groups excluding carboxylic acids is 2. The largest absolute Gasteiger partial charge is 0.339 e. The summed E-state index contributed by atoms with van der Waals surface area (Å²) in [5.41, 5.74) is 3.53. The Morgan fingerprint density at radius 1 is 0.958 bits per heavy atom. The number of fused-ring (bicyclic) bond motifs is 1. The molecule has 0 N–H and O–H groups in total. The minimum Gasteiger partial charge on any atom is -0.339 e. The number of carbonyl (C=O) groups is 2. The molecule has 2 amide bonds. The predicted octanol–water partition coefficient (Wildman–Crippen LogP) is 2.90. The Balaban J connectivity index is 1.58. The molecule has 1 saturated heterocycles. The quantitative estimate of drug-likeness (QED) is 0.837. The number of hydrogen-bond acceptors (Lipinski definition) is 2. The summed E-state index contributed by atoms with van der Waals surface area (Å²) in [5.74, 6) is 0.305. The lowest BCUT2D eigenvalue weighted by Gasteiger charge is -2.36. The summed E-state index contributed by atoms with van der Waals surface area (Å²) in [4.78, 5) is 28.8. The fraction of sp³-hybridized carbons (Fsp3) is 0.600. The first kappa shape index (κ1) is 17.0. The van der Waals surface area contributed by atoms with E-state index in [1.165, 1.54) is 17.5 Å². The van der Waals surface area contributed by atoms with Crippen LogP contribution >= 0.6 is 0 Å². The van der Waals surface area contributed by atoms with Crippen molar-refractivity contribution < 1.29 is 9.59 Å². The highest BCUT2D eigenvalue weighted by Crippen LogP contribution is 2.24. The van der Waals surface area contributed by atoms with Crippen LogP contribution in [-0.4, -0.2) is 47.8 Å². The Kier molecular flexibility index (Phi) is 4.66. The fourth-order valence-electron chi connectivity index (χ4n) is 3.61. The van der Waals surface area contributed by atoms with Crippen LogP contribution in [0.2, 0.25) is 0 Å². The molecule has 24 heavy (non-hydrogen) atoms. The summed E-state index contributed by atoms with van der Waals surface area (Å²) in [6.07, 6.45) is 3.98. The van der Waals surface area contributed by atoms with Crippen LogP contribution in [0.4, 0.5) is 0 Å². The second-order valence-corrected chi connectivity index (χ2v) is 8.25. The number of amides is 2. The maximum absolute atomic E-state index is 12.7. The molecule has 4 heteroatoms. The number of nitrogens with zero attached hydrogens (tertiary/aromatic N) is 2. The summed E-state index contributed by atoms with van der Waals surface area (Å²) in [7, 11) is 0. The van der Waals surface area contributed by atoms with Gasteiger partial charge in [0.15, 0.2) is 0 Å². The Bertz CT molecular complexity index is 638. The third kappa shape index (κ3) is 3.80. The van der Waals surface area contributed by atoms with Gasteiger partial charge in [-0.25, -0.2) is 0 Å². The number of aryl methyl sites for hydroxylation is 2. The average molecular weight is 328 g/mol. The van der Waals surface area contributed by atoms with Crippen molar-refractivity contribution in [2.24, 2.45) is 5.41 Å². The molecular weight excluding hydrogens is 300 g/mol. The van der Waals surface area contributed by atoms with Gasteiger partial charge in [0.1, 0.15) is 0 Å². The number of hydrogen-bond donors (Lipinski definition) is 0. The average Bonchev–Trinajstić information content (AvgIpc) is 3.00. The third-order valence-corrected chi connectivity index (χ3v) is 4.95. The molecule has 1 fully saturated rings. The maximum atomic E-state index is 12.7. The third-order valence-electron chi connectivity index (χ3n) is 4.95. The van der Waals surface area contributed by atoms with E-state index in [0.717, 1.165) is 18.4 Å². The molecule has 1 aliphatic heterocycles. The maximum Gasteiger partial charge on any atom is 0.253 e. The van der Waals surface area contributed by atoms with Gasteiger partial charge in [-0.05, 0) is 47.9 Å². The molecule has 3 rings (SSSR count). The highest BCUT2D eigenvalue weighted by atomic mass is 16.2. The van der Waals surface area contributed by atoms with Crippen LogP contribution in [-0.2, 0) is 17.6 Å². The molecule has 1 aromatic carbocycles. The molecule has 1 heterocycles.